The number of carbonyl (C=O) groups is 1. The predicted octanol–water partition coefficient (Wildman–Crippen LogP) is 2.05. The van der Waals surface area contributed by atoms with E-state index in [-0.39, 0.29) is 0 Å². The van der Waals surface area contributed by atoms with Gasteiger partial charge in [0.2, 0.25) is 0 Å². The van der Waals surface area contributed by atoms with Crippen LogP contribution in [0, 0.1) is 0 Å². The maximum atomic E-state index is 11.2. The molecule has 0 bridgehead atoms. The van der Waals surface area contributed by atoms with Crippen LogP contribution in [0.5, 0.6) is 5.75 Å². The monoisotopic (exact) mass is 300 g/mol. The summed E-state index contributed by atoms with van der Waals surface area (Å²) >= 11 is 3.32. The molecule has 1 amide bonds. The minimum atomic E-state index is -0.511. The lowest BCUT2D eigenvalue weighted by Gasteiger charge is -2.23. The van der Waals surface area contributed by atoms with E-state index >= 15 is 0 Å². The summed E-state index contributed by atoms with van der Waals surface area (Å²) in [4.78, 5) is 11.2. The molecular formula is C12H17BrN2O2. The van der Waals surface area contributed by atoms with E-state index in [1.54, 1.807) is 18.2 Å². The largest absolute Gasteiger partial charge is 0.491 e. The van der Waals surface area contributed by atoms with Gasteiger partial charge in [-0.3, -0.25) is 4.79 Å². The summed E-state index contributed by atoms with van der Waals surface area (Å²) < 4.78 is 6.41. The van der Waals surface area contributed by atoms with E-state index in [0.717, 1.165) is 10.9 Å². The summed E-state index contributed by atoms with van der Waals surface area (Å²) in [6.45, 7) is 4.22. The molecule has 94 valence electrons. The summed E-state index contributed by atoms with van der Waals surface area (Å²) in [5.41, 5.74) is 11.2. The van der Waals surface area contributed by atoms with Crippen LogP contribution in [0.1, 0.15) is 30.6 Å². The van der Waals surface area contributed by atoms with Gasteiger partial charge >= 0.3 is 0 Å². The lowest BCUT2D eigenvalue weighted by Crippen LogP contribution is -2.41. The normalized spacial score (nSPS) is 14.1. The van der Waals surface area contributed by atoms with Crippen LogP contribution in [-0.2, 0) is 0 Å². The highest BCUT2D eigenvalue weighted by atomic mass is 79.9. The molecule has 1 aromatic carbocycles. The second kappa shape index (κ2) is 5.51. The van der Waals surface area contributed by atoms with Crippen molar-refractivity contribution in [2.45, 2.75) is 25.8 Å². The van der Waals surface area contributed by atoms with Crippen molar-refractivity contribution in [3.63, 3.8) is 0 Å². The fourth-order valence-electron chi connectivity index (χ4n) is 1.16. The van der Waals surface area contributed by atoms with Gasteiger partial charge in [-0.1, -0.05) is 22.9 Å². The molecule has 17 heavy (non-hydrogen) atoms. The van der Waals surface area contributed by atoms with E-state index in [4.69, 9.17) is 16.2 Å². The van der Waals surface area contributed by atoms with Gasteiger partial charge in [-0.15, -0.1) is 0 Å². The molecule has 0 aliphatic heterocycles. The number of halogens is 1. The summed E-state index contributed by atoms with van der Waals surface area (Å²) in [6, 6.07) is 5.09. The third-order valence-electron chi connectivity index (χ3n) is 2.57. The third kappa shape index (κ3) is 4.02. The number of primary amides is 1. The molecule has 4 nitrogen and oxygen atoms in total. The molecule has 0 radical (unpaired) electrons. The Morgan fingerprint density at radius 2 is 2.18 bits per heavy atom. The molecule has 1 atom stereocenters. The fraction of sp³-hybridized carbons (Fsp3) is 0.417. The first kappa shape index (κ1) is 14.0. The molecule has 1 aromatic rings. The van der Waals surface area contributed by atoms with E-state index in [0.29, 0.717) is 17.9 Å². The van der Waals surface area contributed by atoms with Crippen LogP contribution in [0.15, 0.2) is 22.7 Å². The average Bonchev–Trinajstić information content (AvgIpc) is 2.26. The van der Waals surface area contributed by atoms with Gasteiger partial charge < -0.3 is 16.2 Å². The second-order valence-corrected chi connectivity index (χ2v) is 5.22. The Balaban J connectivity index is 2.89. The molecule has 0 fully saturated rings. The summed E-state index contributed by atoms with van der Waals surface area (Å²) in [5.74, 6) is -0.0558. The molecule has 0 aliphatic carbocycles. The third-order valence-corrected chi connectivity index (χ3v) is 3.07. The van der Waals surface area contributed by atoms with Crippen LogP contribution in [0.2, 0.25) is 0 Å². The van der Waals surface area contributed by atoms with Gasteiger partial charge in [-0.25, -0.2) is 0 Å². The summed E-state index contributed by atoms with van der Waals surface area (Å²) in [6.07, 6.45) is 0.785. The van der Waals surface area contributed by atoms with E-state index in [1.165, 1.54) is 0 Å². The fourth-order valence-corrected chi connectivity index (χ4v) is 1.50. The lowest BCUT2D eigenvalue weighted by molar-refractivity contribution is 0.0994. The molecule has 1 unspecified atom stereocenters. The minimum Gasteiger partial charge on any atom is -0.491 e. The number of carbonyl (C=O) groups excluding carboxylic acids is 1. The topological polar surface area (TPSA) is 78.3 Å². The zero-order valence-electron chi connectivity index (χ0n) is 10.00. The van der Waals surface area contributed by atoms with Crippen molar-refractivity contribution in [1.82, 2.24) is 0 Å². The first-order valence-electron chi connectivity index (χ1n) is 5.37. The van der Waals surface area contributed by atoms with E-state index in [9.17, 15) is 4.79 Å². The molecule has 4 N–H and O–H groups in total. The van der Waals surface area contributed by atoms with E-state index in [1.807, 2.05) is 13.8 Å². The minimum absolute atomic E-state index is 0.334. The molecule has 0 spiro atoms. The second-order valence-electron chi connectivity index (χ2n) is 4.30. The van der Waals surface area contributed by atoms with Gasteiger partial charge in [-0.2, -0.15) is 0 Å². The summed E-state index contributed by atoms with van der Waals surface area (Å²) in [5, 5.41) is 0. The zero-order valence-corrected chi connectivity index (χ0v) is 11.6. The lowest BCUT2D eigenvalue weighted by atomic mass is 10.0. The first-order chi connectivity index (χ1) is 7.85. The van der Waals surface area contributed by atoms with Gasteiger partial charge in [0, 0.05) is 10.0 Å². The highest BCUT2D eigenvalue weighted by molar-refractivity contribution is 9.10. The highest BCUT2D eigenvalue weighted by Crippen LogP contribution is 2.24. The van der Waals surface area contributed by atoms with Crippen molar-refractivity contribution >= 4 is 21.8 Å². The van der Waals surface area contributed by atoms with Crippen LogP contribution >= 0.6 is 15.9 Å². The van der Waals surface area contributed by atoms with Crippen molar-refractivity contribution in [1.29, 1.82) is 0 Å². The predicted molar refractivity (Wildman–Crippen MR) is 71.0 cm³/mol. The van der Waals surface area contributed by atoms with Gasteiger partial charge in [0.15, 0.2) is 0 Å². The van der Waals surface area contributed by atoms with Crippen molar-refractivity contribution in [2.24, 2.45) is 11.5 Å². The van der Waals surface area contributed by atoms with Crippen LogP contribution in [0.25, 0.3) is 0 Å². The quantitative estimate of drug-likeness (QED) is 0.873. The van der Waals surface area contributed by atoms with Gasteiger partial charge in [0.05, 0.1) is 5.56 Å². The Kier molecular flexibility index (Phi) is 4.54. The van der Waals surface area contributed by atoms with Crippen molar-refractivity contribution in [3.8, 4) is 5.75 Å². The van der Waals surface area contributed by atoms with Gasteiger partial charge in [0.1, 0.15) is 12.4 Å². The molecule has 0 saturated carbocycles. The number of nitrogens with two attached hydrogens (primary N) is 2. The highest BCUT2D eigenvalue weighted by Gasteiger charge is 2.18. The van der Waals surface area contributed by atoms with Crippen LogP contribution in [-0.4, -0.2) is 18.1 Å². The summed E-state index contributed by atoms with van der Waals surface area (Å²) in [7, 11) is 0. The molecule has 0 aromatic heterocycles. The van der Waals surface area contributed by atoms with Gasteiger partial charge in [-0.05, 0) is 31.5 Å². The number of benzene rings is 1. The molecule has 5 heteroatoms. The number of ether oxygens (including phenoxy) is 1. The maximum Gasteiger partial charge on any atom is 0.252 e. The van der Waals surface area contributed by atoms with E-state index in [2.05, 4.69) is 15.9 Å². The Labute approximate surface area is 109 Å². The smallest absolute Gasteiger partial charge is 0.252 e. The maximum absolute atomic E-state index is 11.2. The Morgan fingerprint density at radius 1 is 1.53 bits per heavy atom. The van der Waals surface area contributed by atoms with Gasteiger partial charge in [0.25, 0.3) is 5.91 Å². The standard InChI is InChI=1S/C12H17BrN2O2/c1-3-12(2,15)7-17-10-6-8(13)4-5-9(10)11(14)16/h4-6H,3,7,15H2,1-2H3,(H2,14,16). The first-order valence-corrected chi connectivity index (χ1v) is 6.16. The zero-order chi connectivity index (χ0) is 13.1. The number of hydrogen-bond donors (Lipinski definition) is 2. The SMILES string of the molecule is CCC(C)(N)COc1cc(Br)ccc1C(N)=O. The molecule has 1 rings (SSSR count). The van der Waals surface area contributed by atoms with Crippen LogP contribution in [0.4, 0.5) is 0 Å². The Hall–Kier alpha value is -1.07. The molecular weight excluding hydrogens is 284 g/mol. The number of amides is 1. The van der Waals surface area contributed by atoms with Crippen LogP contribution < -0.4 is 16.2 Å². The van der Waals surface area contributed by atoms with Crippen molar-refractivity contribution in [2.75, 3.05) is 6.61 Å². The molecule has 0 saturated heterocycles. The average molecular weight is 301 g/mol. The Bertz CT molecular complexity index is 419. The number of hydrogen-bond acceptors (Lipinski definition) is 3. The van der Waals surface area contributed by atoms with Crippen LogP contribution in [0.3, 0.4) is 0 Å². The molecule has 0 aliphatic rings. The van der Waals surface area contributed by atoms with Crippen molar-refractivity contribution < 1.29 is 9.53 Å². The molecule has 0 heterocycles. The number of rotatable bonds is 5. The van der Waals surface area contributed by atoms with Crippen molar-refractivity contribution in [3.05, 3.63) is 28.2 Å². The Morgan fingerprint density at radius 3 is 2.71 bits per heavy atom. The van der Waals surface area contributed by atoms with E-state index < -0.39 is 11.4 Å².